The number of nitrogens with zero attached hydrogens (tertiary/aromatic N) is 1. The zero-order valence-corrected chi connectivity index (χ0v) is 17.4. The van der Waals surface area contributed by atoms with Crippen molar-refractivity contribution in [2.24, 2.45) is 5.10 Å². The van der Waals surface area contributed by atoms with E-state index in [1.54, 1.807) is 31.4 Å². The lowest BCUT2D eigenvalue weighted by molar-refractivity contribution is 0.0955. The molecule has 0 bridgehead atoms. The fraction of sp³-hybridized carbons (Fsp3) is 0.0476. The second-order valence-electron chi connectivity index (χ2n) is 6.11. The Hall–Kier alpha value is -3.36. The highest BCUT2D eigenvalue weighted by Gasteiger charge is 2.14. The van der Waals surface area contributed by atoms with Gasteiger partial charge in [-0.3, -0.25) is 9.52 Å². The molecule has 0 unspecified atom stereocenters. The minimum Gasteiger partial charge on any atom is -0.497 e. The molecule has 0 aliphatic carbocycles. The predicted molar refractivity (Wildman–Crippen MR) is 117 cm³/mol. The Morgan fingerprint density at radius 2 is 1.60 bits per heavy atom. The number of rotatable bonds is 7. The number of nitrogens with one attached hydrogen (secondary N) is 2. The summed E-state index contributed by atoms with van der Waals surface area (Å²) in [6.45, 7) is 0. The van der Waals surface area contributed by atoms with Gasteiger partial charge in [0.2, 0.25) is 0 Å². The van der Waals surface area contributed by atoms with Crippen molar-refractivity contribution in [3.63, 3.8) is 0 Å². The number of hydrogen-bond donors (Lipinski definition) is 2. The van der Waals surface area contributed by atoms with Gasteiger partial charge in [0.15, 0.2) is 0 Å². The van der Waals surface area contributed by atoms with Gasteiger partial charge in [-0.15, -0.1) is 0 Å². The zero-order chi connectivity index (χ0) is 21.6. The minimum atomic E-state index is -3.75. The standard InChI is InChI=1S/C21H18ClN3O4S/c1-29-19-10-2-15(3-11-19)14-23-24-21(26)16-4-8-18(9-5-16)25-30(27,28)20-12-6-17(22)7-13-20/h2-14,25H,1H3,(H,24,26)/b23-14-. The molecule has 7 nitrogen and oxygen atoms in total. The molecule has 0 aliphatic rings. The average molecular weight is 444 g/mol. The van der Waals surface area contributed by atoms with E-state index in [0.717, 1.165) is 11.3 Å². The highest BCUT2D eigenvalue weighted by Crippen LogP contribution is 2.18. The molecule has 30 heavy (non-hydrogen) atoms. The maximum Gasteiger partial charge on any atom is 0.271 e. The summed E-state index contributed by atoms with van der Waals surface area (Å²) in [7, 11) is -2.17. The Morgan fingerprint density at radius 1 is 0.967 bits per heavy atom. The summed E-state index contributed by atoms with van der Waals surface area (Å²) in [6.07, 6.45) is 1.51. The normalized spacial score (nSPS) is 11.3. The van der Waals surface area contributed by atoms with E-state index in [2.05, 4.69) is 15.2 Å². The minimum absolute atomic E-state index is 0.0848. The first-order valence-electron chi connectivity index (χ1n) is 8.73. The van der Waals surface area contributed by atoms with Gasteiger partial charge in [0.25, 0.3) is 15.9 Å². The lowest BCUT2D eigenvalue weighted by atomic mass is 10.2. The number of hydrazone groups is 1. The number of halogens is 1. The van der Waals surface area contributed by atoms with Crippen LogP contribution in [0.1, 0.15) is 15.9 Å². The van der Waals surface area contributed by atoms with Crippen molar-refractivity contribution in [2.75, 3.05) is 11.8 Å². The topological polar surface area (TPSA) is 96.9 Å². The molecule has 0 aliphatic heterocycles. The quantitative estimate of drug-likeness (QED) is 0.427. The van der Waals surface area contributed by atoms with E-state index < -0.39 is 15.9 Å². The number of hydrogen-bond acceptors (Lipinski definition) is 5. The molecular weight excluding hydrogens is 426 g/mol. The molecule has 0 spiro atoms. The molecule has 0 radical (unpaired) electrons. The van der Waals surface area contributed by atoms with Crippen molar-refractivity contribution in [1.29, 1.82) is 0 Å². The number of sulfonamides is 1. The first kappa shape index (κ1) is 21.4. The number of benzene rings is 3. The molecule has 3 rings (SSSR count). The van der Waals surface area contributed by atoms with Gasteiger partial charge in [-0.1, -0.05) is 11.6 Å². The Labute approximate surface area is 179 Å². The van der Waals surface area contributed by atoms with Crippen molar-refractivity contribution in [3.8, 4) is 5.75 Å². The molecule has 0 saturated heterocycles. The molecule has 1 amide bonds. The lowest BCUT2D eigenvalue weighted by Crippen LogP contribution is -2.18. The van der Waals surface area contributed by atoms with Crippen LogP contribution in [0.2, 0.25) is 5.02 Å². The Morgan fingerprint density at radius 3 is 2.20 bits per heavy atom. The number of amides is 1. The van der Waals surface area contributed by atoms with Crippen LogP contribution in [0.5, 0.6) is 5.75 Å². The van der Waals surface area contributed by atoms with E-state index >= 15 is 0 Å². The van der Waals surface area contributed by atoms with Crippen LogP contribution in [0.15, 0.2) is 82.8 Å². The summed E-state index contributed by atoms with van der Waals surface area (Å²) in [5.74, 6) is 0.301. The van der Waals surface area contributed by atoms with Crippen LogP contribution in [0.25, 0.3) is 0 Å². The van der Waals surface area contributed by atoms with Gasteiger partial charge in [0.05, 0.1) is 18.2 Å². The van der Waals surface area contributed by atoms with Crippen LogP contribution in [0, 0.1) is 0 Å². The number of carbonyl (C=O) groups is 1. The highest BCUT2D eigenvalue weighted by atomic mass is 35.5. The summed E-state index contributed by atoms with van der Waals surface area (Å²) in [4.78, 5) is 12.3. The molecule has 0 saturated carbocycles. The van der Waals surface area contributed by atoms with Gasteiger partial charge >= 0.3 is 0 Å². The largest absolute Gasteiger partial charge is 0.497 e. The van der Waals surface area contributed by atoms with Crippen molar-refractivity contribution < 1.29 is 17.9 Å². The molecule has 2 N–H and O–H groups in total. The lowest BCUT2D eigenvalue weighted by Gasteiger charge is -2.08. The summed E-state index contributed by atoms with van der Waals surface area (Å²) >= 11 is 5.78. The summed E-state index contributed by atoms with van der Waals surface area (Å²) < 4.78 is 32.3. The molecule has 3 aromatic carbocycles. The Kier molecular flexibility index (Phi) is 6.71. The van der Waals surface area contributed by atoms with Crippen LogP contribution in [-0.2, 0) is 10.0 Å². The first-order valence-corrected chi connectivity index (χ1v) is 10.6. The fourth-order valence-electron chi connectivity index (χ4n) is 2.44. The Balaban J connectivity index is 1.61. The second kappa shape index (κ2) is 9.43. The fourth-order valence-corrected chi connectivity index (χ4v) is 3.62. The van der Waals surface area contributed by atoms with Crippen LogP contribution >= 0.6 is 11.6 Å². The first-order chi connectivity index (χ1) is 14.4. The maximum atomic E-state index is 12.4. The molecule has 0 aromatic heterocycles. The van der Waals surface area contributed by atoms with E-state index in [4.69, 9.17) is 16.3 Å². The van der Waals surface area contributed by atoms with Crippen molar-refractivity contribution in [1.82, 2.24) is 5.43 Å². The Bertz CT molecular complexity index is 1140. The van der Waals surface area contributed by atoms with Crippen LogP contribution < -0.4 is 14.9 Å². The van der Waals surface area contributed by atoms with Gasteiger partial charge in [0.1, 0.15) is 5.75 Å². The molecule has 0 fully saturated rings. The molecular formula is C21H18ClN3O4S. The van der Waals surface area contributed by atoms with Crippen LogP contribution in [0.4, 0.5) is 5.69 Å². The van der Waals surface area contributed by atoms with Crippen LogP contribution in [0.3, 0.4) is 0 Å². The maximum absolute atomic E-state index is 12.4. The molecule has 9 heteroatoms. The third kappa shape index (κ3) is 5.59. The average Bonchev–Trinajstić information content (AvgIpc) is 2.74. The molecule has 0 heterocycles. The second-order valence-corrected chi connectivity index (χ2v) is 8.23. The van der Waals surface area contributed by atoms with Crippen molar-refractivity contribution in [3.05, 3.63) is 88.9 Å². The van der Waals surface area contributed by atoms with E-state index in [1.165, 1.54) is 54.7 Å². The molecule has 154 valence electrons. The van der Waals surface area contributed by atoms with Crippen molar-refractivity contribution in [2.45, 2.75) is 4.90 Å². The summed E-state index contributed by atoms with van der Waals surface area (Å²) in [5.41, 5.74) is 3.87. The third-order valence-electron chi connectivity index (χ3n) is 4.02. The van der Waals surface area contributed by atoms with Gasteiger partial charge in [-0.25, -0.2) is 13.8 Å². The van der Waals surface area contributed by atoms with Gasteiger partial charge < -0.3 is 4.74 Å². The van der Waals surface area contributed by atoms with Gasteiger partial charge in [-0.2, -0.15) is 5.10 Å². The number of methoxy groups -OCH3 is 1. The van der Waals surface area contributed by atoms with E-state index in [0.29, 0.717) is 16.3 Å². The van der Waals surface area contributed by atoms with E-state index in [-0.39, 0.29) is 4.90 Å². The SMILES string of the molecule is COc1ccc(/C=N\NC(=O)c2ccc(NS(=O)(=O)c3ccc(Cl)cc3)cc2)cc1. The number of anilines is 1. The smallest absolute Gasteiger partial charge is 0.271 e. The third-order valence-corrected chi connectivity index (χ3v) is 5.67. The summed E-state index contributed by atoms with van der Waals surface area (Å²) in [6, 6.07) is 19.0. The van der Waals surface area contributed by atoms with Crippen LogP contribution in [-0.4, -0.2) is 27.6 Å². The zero-order valence-electron chi connectivity index (χ0n) is 15.9. The van der Waals surface area contributed by atoms with E-state index in [1.807, 2.05) is 0 Å². The van der Waals surface area contributed by atoms with Gasteiger partial charge in [0, 0.05) is 16.3 Å². The number of ether oxygens (including phenoxy) is 1. The number of carbonyl (C=O) groups excluding carboxylic acids is 1. The monoisotopic (exact) mass is 443 g/mol. The highest BCUT2D eigenvalue weighted by molar-refractivity contribution is 7.92. The van der Waals surface area contributed by atoms with E-state index in [9.17, 15) is 13.2 Å². The molecule has 3 aromatic rings. The van der Waals surface area contributed by atoms with Gasteiger partial charge in [-0.05, 0) is 78.4 Å². The predicted octanol–water partition coefficient (Wildman–Crippen LogP) is 3.91. The molecule has 0 atom stereocenters. The van der Waals surface area contributed by atoms with Crippen molar-refractivity contribution >= 4 is 39.4 Å². The summed E-state index contributed by atoms with van der Waals surface area (Å²) in [5, 5.41) is 4.36.